The number of carbonyl (C=O) groups is 1. The molecule has 8 heteroatoms. The summed E-state index contributed by atoms with van der Waals surface area (Å²) < 4.78 is 1.82. The zero-order valence-electron chi connectivity index (χ0n) is 17.9. The summed E-state index contributed by atoms with van der Waals surface area (Å²) in [4.78, 5) is 28.3. The Kier molecular flexibility index (Phi) is 5.39. The van der Waals surface area contributed by atoms with E-state index in [2.05, 4.69) is 20.0 Å². The van der Waals surface area contributed by atoms with Gasteiger partial charge in [0.05, 0.1) is 23.1 Å². The van der Waals surface area contributed by atoms with Crippen LogP contribution >= 0.6 is 0 Å². The molecule has 0 bridgehead atoms. The van der Waals surface area contributed by atoms with Crippen LogP contribution in [-0.2, 0) is 0 Å². The van der Waals surface area contributed by atoms with Crippen LogP contribution in [0.15, 0.2) is 42.6 Å². The van der Waals surface area contributed by atoms with E-state index < -0.39 is 0 Å². The van der Waals surface area contributed by atoms with Gasteiger partial charge in [0.1, 0.15) is 17.5 Å². The van der Waals surface area contributed by atoms with Crippen LogP contribution < -0.4 is 9.80 Å². The number of nitrogens with zero attached hydrogens (tertiary/aromatic N) is 7. The standard InChI is InChI=1S/C22H27N7O/c1-16-19(15-23-29(16)18-8-6-5-7-9-18)22(30)28-12-10-27(11-13-28)21-14-20(26(3)4)24-17(2)25-21/h5-9,14-15H,10-13H2,1-4H3. The molecule has 0 saturated carbocycles. The average molecular weight is 406 g/mol. The highest BCUT2D eigenvalue weighted by Crippen LogP contribution is 2.21. The summed E-state index contributed by atoms with van der Waals surface area (Å²) in [5, 5.41) is 4.44. The van der Waals surface area contributed by atoms with Crippen molar-refractivity contribution in [1.82, 2.24) is 24.6 Å². The number of amides is 1. The van der Waals surface area contributed by atoms with Gasteiger partial charge in [-0.3, -0.25) is 4.79 Å². The molecule has 2 aromatic heterocycles. The number of benzene rings is 1. The van der Waals surface area contributed by atoms with E-state index in [1.54, 1.807) is 6.20 Å². The molecule has 0 spiro atoms. The summed E-state index contributed by atoms with van der Waals surface area (Å²) in [5.74, 6) is 2.58. The third-order valence-corrected chi connectivity index (χ3v) is 5.40. The second-order valence-corrected chi connectivity index (χ2v) is 7.70. The number of para-hydroxylation sites is 1. The van der Waals surface area contributed by atoms with Gasteiger partial charge in [0, 0.05) is 46.3 Å². The van der Waals surface area contributed by atoms with Crippen LogP contribution in [0.1, 0.15) is 21.9 Å². The van der Waals surface area contributed by atoms with Crippen LogP contribution in [0.2, 0.25) is 0 Å². The monoisotopic (exact) mass is 405 g/mol. The minimum atomic E-state index is 0.0298. The maximum atomic E-state index is 13.1. The molecular weight excluding hydrogens is 378 g/mol. The van der Waals surface area contributed by atoms with E-state index in [-0.39, 0.29) is 5.91 Å². The first-order valence-corrected chi connectivity index (χ1v) is 10.1. The Hall–Kier alpha value is -3.42. The number of rotatable bonds is 4. The lowest BCUT2D eigenvalue weighted by Gasteiger charge is -2.35. The maximum Gasteiger partial charge on any atom is 0.257 e. The van der Waals surface area contributed by atoms with E-state index in [0.717, 1.165) is 41.9 Å². The van der Waals surface area contributed by atoms with Crippen molar-refractivity contribution in [3.63, 3.8) is 0 Å². The van der Waals surface area contributed by atoms with Crippen molar-refractivity contribution in [2.24, 2.45) is 0 Å². The summed E-state index contributed by atoms with van der Waals surface area (Å²) in [6.07, 6.45) is 1.67. The highest BCUT2D eigenvalue weighted by molar-refractivity contribution is 5.95. The van der Waals surface area contributed by atoms with Gasteiger partial charge >= 0.3 is 0 Å². The third kappa shape index (κ3) is 3.85. The smallest absolute Gasteiger partial charge is 0.257 e. The van der Waals surface area contributed by atoms with E-state index in [4.69, 9.17) is 0 Å². The molecule has 3 heterocycles. The van der Waals surface area contributed by atoms with Crippen molar-refractivity contribution in [2.75, 3.05) is 50.1 Å². The van der Waals surface area contributed by atoms with Crippen molar-refractivity contribution < 1.29 is 4.79 Å². The van der Waals surface area contributed by atoms with Gasteiger partial charge in [-0.25, -0.2) is 14.6 Å². The molecule has 0 N–H and O–H groups in total. The van der Waals surface area contributed by atoms with Crippen molar-refractivity contribution in [1.29, 1.82) is 0 Å². The molecule has 156 valence electrons. The lowest BCUT2D eigenvalue weighted by atomic mass is 10.2. The molecule has 30 heavy (non-hydrogen) atoms. The largest absolute Gasteiger partial charge is 0.363 e. The number of piperazine rings is 1. The van der Waals surface area contributed by atoms with E-state index in [1.165, 1.54) is 0 Å². The fraction of sp³-hybridized carbons (Fsp3) is 0.364. The highest BCUT2D eigenvalue weighted by Gasteiger charge is 2.26. The van der Waals surface area contributed by atoms with Crippen LogP contribution in [0.25, 0.3) is 5.69 Å². The maximum absolute atomic E-state index is 13.1. The van der Waals surface area contributed by atoms with Crippen molar-refractivity contribution >= 4 is 17.5 Å². The molecule has 1 aromatic carbocycles. The first-order chi connectivity index (χ1) is 14.4. The number of hydrogen-bond donors (Lipinski definition) is 0. The second-order valence-electron chi connectivity index (χ2n) is 7.70. The predicted molar refractivity (Wildman–Crippen MR) is 118 cm³/mol. The van der Waals surface area contributed by atoms with Gasteiger partial charge < -0.3 is 14.7 Å². The molecule has 1 saturated heterocycles. The normalized spacial score (nSPS) is 14.1. The molecule has 0 atom stereocenters. The van der Waals surface area contributed by atoms with Gasteiger partial charge in [-0.05, 0) is 26.0 Å². The molecule has 1 fully saturated rings. The third-order valence-electron chi connectivity index (χ3n) is 5.40. The summed E-state index contributed by atoms with van der Waals surface area (Å²) in [7, 11) is 3.94. The second kappa shape index (κ2) is 8.14. The minimum absolute atomic E-state index is 0.0298. The van der Waals surface area contributed by atoms with E-state index >= 15 is 0 Å². The summed E-state index contributed by atoms with van der Waals surface area (Å²) in [6, 6.07) is 11.9. The molecular formula is C22H27N7O. The molecule has 0 aliphatic carbocycles. The average Bonchev–Trinajstić information content (AvgIpc) is 3.14. The Morgan fingerprint density at radius 2 is 1.70 bits per heavy atom. The van der Waals surface area contributed by atoms with Gasteiger partial charge in [-0.15, -0.1) is 0 Å². The van der Waals surface area contributed by atoms with Gasteiger partial charge in [0.2, 0.25) is 0 Å². The first kappa shape index (κ1) is 19.9. The van der Waals surface area contributed by atoms with Crippen LogP contribution in [0.3, 0.4) is 0 Å². The van der Waals surface area contributed by atoms with Crippen LogP contribution in [0, 0.1) is 13.8 Å². The predicted octanol–water partition coefficient (Wildman–Crippen LogP) is 2.31. The van der Waals surface area contributed by atoms with Crippen molar-refractivity contribution in [2.45, 2.75) is 13.8 Å². The molecule has 0 radical (unpaired) electrons. The quantitative estimate of drug-likeness (QED) is 0.663. The lowest BCUT2D eigenvalue weighted by Crippen LogP contribution is -2.49. The van der Waals surface area contributed by atoms with Gasteiger partial charge in [0.15, 0.2) is 0 Å². The Labute approximate surface area is 176 Å². The van der Waals surface area contributed by atoms with Crippen molar-refractivity contribution in [3.05, 3.63) is 59.7 Å². The lowest BCUT2D eigenvalue weighted by molar-refractivity contribution is 0.0745. The van der Waals surface area contributed by atoms with E-state index in [1.807, 2.05) is 78.8 Å². The Morgan fingerprint density at radius 1 is 1.00 bits per heavy atom. The van der Waals surface area contributed by atoms with Gasteiger partial charge in [-0.2, -0.15) is 5.10 Å². The molecule has 0 unspecified atom stereocenters. The zero-order valence-corrected chi connectivity index (χ0v) is 17.9. The van der Waals surface area contributed by atoms with Crippen LogP contribution in [0.5, 0.6) is 0 Å². The Bertz CT molecular complexity index is 1040. The number of hydrogen-bond acceptors (Lipinski definition) is 6. The number of aryl methyl sites for hydroxylation is 1. The van der Waals surface area contributed by atoms with E-state index in [0.29, 0.717) is 18.7 Å². The van der Waals surface area contributed by atoms with E-state index in [9.17, 15) is 4.79 Å². The van der Waals surface area contributed by atoms with Gasteiger partial charge in [0.25, 0.3) is 5.91 Å². The number of aromatic nitrogens is 4. The number of anilines is 2. The van der Waals surface area contributed by atoms with Crippen LogP contribution in [-0.4, -0.2) is 70.8 Å². The summed E-state index contributed by atoms with van der Waals surface area (Å²) >= 11 is 0. The fourth-order valence-electron chi connectivity index (χ4n) is 3.69. The Morgan fingerprint density at radius 3 is 2.37 bits per heavy atom. The topological polar surface area (TPSA) is 70.4 Å². The Balaban J connectivity index is 1.46. The molecule has 1 aliphatic rings. The SMILES string of the molecule is Cc1nc(N(C)C)cc(N2CCN(C(=O)c3cnn(-c4ccccc4)c3C)CC2)n1. The molecule has 3 aromatic rings. The molecule has 1 amide bonds. The number of carbonyl (C=O) groups excluding carboxylic acids is 1. The summed E-state index contributed by atoms with van der Waals surface area (Å²) in [6.45, 7) is 6.62. The van der Waals surface area contributed by atoms with Crippen molar-refractivity contribution in [3.8, 4) is 5.69 Å². The fourth-order valence-corrected chi connectivity index (χ4v) is 3.69. The molecule has 4 rings (SSSR count). The zero-order chi connectivity index (χ0) is 21.3. The minimum Gasteiger partial charge on any atom is -0.363 e. The molecule has 8 nitrogen and oxygen atoms in total. The first-order valence-electron chi connectivity index (χ1n) is 10.1. The molecule has 1 aliphatic heterocycles. The van der Waals surface area contributed by atoms with Gasteiger partial charge in [-0.1, -0.05) is 18.2 Å². The summed E-state index contributed by atoms with van der Waals surface area (Å²) in [5.41, 5.74) is 2.46. The van der Waals surface area contributed by atoms with Crippen LogP contribution in [0.4, 0.5) is 11.6 Å². The highest BCUT2D eigenvalue weighted by atomic mass is 16.2.